The van der Waals surface area contributed by atoms with Crippen molar-refractivity contribution in [2.45, 2.75) is 23.6 Å². The SMILES string of the molecule is CON=CC1=C(C(=O)O)N2C(=O)C(NC(=O)/C(=N/OC)c3ccccc3)[C@H]2S[C@@H]1C. The van der Waals surface area contributed by atoms with E-state index in [0.717, 1.165) is 4.90 Å². The van der Waals surface area contributed by atoms with Crippen LogP contribution in [0, 0.1) is 0 Å². The van der Waals surface area contributed by atoms with Gasteiger partial charge in [0.15, 0.2) is 5.71 Å². The minimum atomic E-state index is -1.26. The lowest BCUT2D eigenvalue weighted by Gasteiger charge is -2.50. The molecule has 0 radical (unpaired) electrons. The Morgan fingerprint density at radius 3 is 2.53 bits per heavy atom. The molecule has 0 aromatic heterocycles. The van der Waals surface area contributed by atoms with E-state index in [4.69, 9.17) is 4.84 Å². The Morgan fingerprint density at radius 2 is 1.93 bits per heavy atom. The van der Waals surface area contributed by atoms with Gasteiger partial charge in [-0.25, -0.2) is 4.79 Å². The number of fused-ring (bicyclic) bond motifs is 1. The van der Waals surface area contributed by atoms with Gasteiger partial charge in [-0.1, -0.05) is 40.6 Å². The van der Waals surface area contributed by atoms with Crippen molar-refractivity contribution in [2.24, 2.45) is 10.3 Å². The molecule has 1 fully saturated rings. The Bertz CT molecular complexity index is 946. The molecule has 2 amide bonds. The first kappa shape index (κ1) is 21.4. The number of amides is 2. The second-order valence-electron chi connectivity index (χ2n) is 6.34. The maximum atomic E-state index is 12.8. The van der Waals surface area contributed by atoms with Gasteiger partial charge < -0.3 is 20.1 Å². The van der Waals surface area contributed by atoms with Crippen LogP contribution in [-0.4, -0.2) is 70.6 Å². The smallest absolute Gasteiger partial charge is 0.353 e. The molecule has 0 spiro atoms. The maximum Gasteiger partial charge on any atom is 0.353 e. The van der Waals surface area contributed by atoms with E-state index in [1.54, 1.807) is 37.3 Å². The summed E-state index contributed by atoms with van der Waals surface area (Å²) in [5.41, 5.74) is 0.723. The zero-order valence-electron chi connectivity index (χ0n) is 16.4. The third kappa shape index (κ3) is 3.88. The van der Waals surface area contributed by atoms with E-state index in [-0.39, 0.29) is 16.7 Å². The molecule has 2 N–H and O–H groups in total. The van der Waals surface area contributed by atoms with E-state index in [0.29, 0.717) is 11.1 Å². The van der Waals surface area contributed by atoms with Crippen LogP contribution in [0.25, 0.3) is 0 Å². The first-order valence-electron chi connectivity index (χ1n) is 8.90. The molecule has 2 aliphatic heterocycles. The Labute approximate surface area is 176 Å². The van der Waals surface area contributed by atoms with Gasteiger partial charge in [-0.05, 0) is 6.92 Å². The zero-order chi connectivity index (χ0) is 21.8. The topological polar surface area (TPSA) is 130 Å². The molecule has 1 unspecified atom stereocenters. The lowest BCUT2D eigenvalue weighted by atomic mass is 10.0. The second kappa shape index (κ2) is 8.99. The Morgan fingerprint density at radius 1 is 1.23 bits per heavy atom. The van der Waals surface area contributed by atoms with Crippen molar-refractivity contribution >= 4 is 41.5 Å². The number of aliphatic carboxylic acids is 1. The van der Waals surface area contributed by atoms with Gasteiger partial charge in [-0.2, -0.15) is 0 Å². The summed E-state index contributed by atoms with van der Waals surface area (Å²) in [5.74, 6) is -2.38. The van der Waals surface area contributed by atoms with Crippen LogP contribution in [0.1, 0.15) is 12.5 Å². The molecule has 2 aliphatic rings. The number of nitrogens with zero attached hydrogens (tertiary/aromatic N) is 3. The molecule has 158 valence electrons. The molecule has 30 heavy (non-hydrogen) atoms. The third-order valence-corrected chi connectivity index (χ3v) is 5.99. The van der Waals surface area contributed by atoms with Gasteiger partial charge >= 0.3 is 5.97 Å². The molecular formula is C19H20N4O6S. The Hall–Kier alpha value is -3.34. The molecular weight excluding hydrogens is 412 g/mol. The normalized spacial score (nSPS) is 23.7. The van der Waals surface area contributed by atoms with Crippen LogP contribution in [0.15, 0.2) is 51.9 Å². The van der Waals surface area contributed by atoms with E-state index in [1.807, 2.05) is 0 Å². The van der Waals surface area contributed by atoms with E-state index in [9.17, 15) is 19.5 Å². The number of rotatable bonds is 7. The Balaban J connectivity index is 1.84. The summed E-state index contributed by atoms with van der Waals surface area (Å²) in [6.07, 6.45) is 1.29. The van der Waals surface area contributed by atoms with Gasteiger partial charge in [0.05, 0.1) is 6.21 Å². The highest BCUT2D eigenvalue weighted by atomic mass is 32.2. The first-order valence-corrected chi connectivity index (χ1v) is 9.85. The number of hydrogen-bond donors (Lipinski definition) is 2. The van der Waals surface area contributed by atoms with Crippen LogP contribution in [0.5, 0.6) is 0 Å². The number of β-lactam (4-membered cyclic amide) rings is 1. The van der Waals surface area contributed by atoms with Crippen molar-refractivity contribution in [3.63, 3.8) is 0 Å². The van der Waals surface area contributed by atoms with Crippen LogP contribution in [0.4, 0.5) is 0 Å². The standard InChI is InChI=1S/C19H20N4O6S/c1-10-12(9-20-28-2)15(19(26)27)23-17(25)14(18(23)30-10)21-16(24)13(22-29-3)11-7-5-4-6-8-11/h4-10,14,18H,1-3H3,(H,21,24)(H,26,27)/b20-9?,22-13+/t10-,14?,18-/m1/s1. The van der Waals surface area contributed by atoms with Crippen LogP contribution < -0.4 is 5.32 Å². The minimum Gasteiger partial charge on any atom is -0.477 e. The van der Waals surface area contributed by atoms with Crippen molar-refractivity contribution in [1.29, 1.82) is 0 Å². The second-order valence-corrected chi connectivity index (χ2v) is 7.81. The van der Waals surface area contributed by atoms with Gasteiger partial charge in [0.25, 0.3) is 11.8 Å². The fourth-order valence-corrected chi connectivity index (χ4v) is 4.62. The van der Waals surface area contributed by atoms with Crippen LogP contribution in [0.3, 0.4) is 0 Å². The summed E-state index contributed by atoms with van der Waals surface area (Å²) in [5, 5.41) is 18.9. The molecule has 1 saturated heterocycles. The third-order valence-electron chi connectivity index (χ3n) is 4.57. The van der Waals surface area contributed by atoms with E-state index < -0.39 is 29.2 Å². The average Bonchev–Trinajstić information content (AvgIpc) is 2.74. The number of carboxylic acid groups (broad SMARTS) is 1. The van der Waals surface area contributed by atoms with Gasteiger partial charge in [-0.3, -0.25) is 14.5 Å². The van der Waals surface area contributed by atoms with E-state index >= 15 is 0 Å². The summed E-state index contributed by atoms with van der Waals surface area (Å²) in [6, 6.07) is 7.77. The highest BCUT2D eigenvalue weighted by molar-refractivity contribution is 8.00. The van der Waals surface area contributed by atoms with Crippen molar-refractivity contribution in [3.05, 3.63) is 47.2 Å². The lowest BCUT2D eigenvalue weighted by molar-refractivity contribution is -0.150. The number of carboxylic acids is 1. The lowest BCUT2D eigenvalue weighted by Crippen LogP contribution is -2.71. The summed E-state index contributed by atoms with van der Waals surface area (Å²) < 4.78 is 0. The van der Waals surface area contributed by atoms with Crippen molar-refractivity contribution < 1.29 is 29.2 Å². The number of carbonyl (C=O) groups is 3. The number of benzene rings is 1. The minimum absolute atomic E-state index is 0.0140. The molecule has 3 rings (SSSR count). The predicted octanol–water partition coefficient (Wildman–Crippen LogP) is 0.796. The van der Waals surface area contributed by atoms with Crippen LogP contribution in [-0.2, 0) is 24.1 Å². The summed E-state index contributed by atoms with van der Waals surface area (Å²) in [7, 11) is 2.66. The predicted molar refractivity (Wildman–Crippen MR) is 110 cm³/mol. The molecule has 0 bridgehead atoms. The van der Waals surface area contributed by atoms with E-state index in [2.05, 4.69) is 20.5 Å². The number of carbonyl (C=O) groups excluding carboxylic acids is 2. The van der Waals surface area contributed by atoms with Crippen molar-refractivity contribution in [1.82, 2.24) is 10.2 Å². The molecule has 0 aliphatic carbocycles. The van der Waals surface area contributed by atoms with Crippen molar-refractivity contribution in [2.75, 3.05) is 14.2 Å². The van der Waals surface area contributed by atoms with E-state index in [1.165, 1.54) is 32.2 Å². The first-order chi connectivity index (χ1) is 14.4. The summed E-state index contributed by atoms with van der Waals surface area (Å²) in [6.45, 7) is 1.80. The zero-order valence-corrected chi connectivity index (χ0v) is 17.3. The van der Waals surface area contributed by atoms with Gasteiger partial charge in [0.1, 0.15) is 31.3 Å². The molecule has 10 nitrogen and oxygen atoms in total. The molecule has 11 heteroatoms. The summed E-state index contributed by atoms with van der Waals surface area (Å²) in [4.78, 5) is 47.9. The Kier molecular flexibility index (Phi) is 6.40. The number of hydrogen-bond acceptors (Lipinski definition) is 8. The largest absolute Gasteiger partial charge is 0.477 e. The average molecular weight is 432 g/mol. The van der Waals surface area contributed by atoms with Gasteiger partial charge in [0, 0.05) is 16.4 Å². The van der Waals surface area contributed by atoms with Gasteiger partial charge in [0.2, 0.25) is 0 Å². The van der Waals surface area contributed by atoms with Crippen LogP contribution >= 0.6 is 11.8 Å². The number of thioether (sulfide) groups is 1. The van der Waals surface area contributed by atoms with Gasteiger partial charge in [-0.15, -0.1) is 11.8 Å². The number of oxime groups is 2. The molecule has 2 heterocycles. The fraction of sp³-hybridized carbons (Fsp3) is 0.316. The highest BCUT2D eigenvalue weighted by Gasteiger charge is 2.55. The molecule has 1 aromatic rings. The highest BCUT2D eigenvalue weighted by Crippen LogP contribution is 2.43. The number of nitrogens with one attached hydrogen (secondary N) is 1. The quantitative estimate of drug-likeness (QED) is 0.370. The molecule has 0 saturated carbocycles. The van der Waals surface area contributed by atoms with Crippen LogP contribution in [0.2, 0.25) is 0 Å². The summed E-state index contributed by atoms with van der Waals surface area (Å²) >= 11 is 1.34. The maximum absolute atomic E-state index is 12.8. The fourth-order valence-electron chi connectivity index (χ4n) is 3.21. The van der Waals surface area contributed by atoms with Crippen molar-refractivity contribution in [3.8, 4) is 0 Å². The monoisotopic (exact) mass is 432 g/mol. The molecule has 1 aromatic carbocycles. The molecule has 3 atom stereocenters.